The minimum Gasteiger partial charge on any atom is -0.508 e. The van der Waals surface area contributed by atoms with Gasteiger partial charge < -0.3 is 19.7 Å². The molecule has 0 aliphatic heterocycles. The third kappa shape index (κ3) is 3.04. The standard InChI is InChI=1S/C23H16N2O5S/c1-12-4-9-15-17(11-12)31-23(24-15)25-19(13-5-7-14(26)8-6-13)18(21(28)22(25)29)20(27)16-3-2-10-30-16/h2-11,26,28-29H,1H3. The summed E-state index contributed by atoms with van der Waals surface area (Å²) in [5, 5.41) is 31.7. The highest BCUT2D eigenvalue weighted by Gasteiger charge is 2.32. The molecule has 0 fully saturated rings. The van der Waals surface area contributed by atoms with Crippen LogP contribution in [0, 0.1) is 6.92 Å². The van der Waals surface area contributed by atoms with Crippen molar-refractivity contribution in [3.63, 3.8) is 0 Å². The molecule has 0 unspecified atom stereocenters. The van der Waals surface area contributed by atoms with Gasteiger partial charge in [0.1, 0.15) is 5.75 Å². The third-order valence-corrected chi connectivity index (χ3v) is 5.96. The van der Waals surface area contributed by atoms with Crippen molar-refractivity contribution in [3.8, 4) is 33.8 Å². The highest BCUT2D eigenvalue weighted by molar-refractivity contribution is 7.20. The lowest BCUT2D eigenvalue weighted by atomic mass is 10.0. The Morgan fingerprint density at radius 2 is 1.84 bits per heavy atom. The summed E-state index contributed by atoms with van der Waals surface area (Å²) >= 11 is 1.32. The van der Waals surface area contributed by atoms with Gasteiger partial charge in [-0.1, -0.05) is 17.4 Å². The van der Waals surface area contributed by atoms with E-state index in [9.17, 15) is 20.1 Å². The molecule has 5 rings (SSSR count). The summed E-state index contributed by atoms with van der Waals surface area (Å²) in [6.45, 7) is 1.97. The van der Waals surface area contributed by atoms with Gasteiger partial charge in [-0.25, -0.2) is 4.98 Å². The lowest BCUT2D eigenvalue weighted by molar-refractivity contribution is 0.101. The zero-order valence-electron chi connectivity index (χ0n) is 16.2. The number of carbonyl (C=O) groups is 1. The number of furan rings is 1. The Morgan fingerprint density at radius 1 is 1.06 bits per heavy atom. The van der Waals surface area contributed by atoms with Crippen molar-refractivity contribution in [1.82, 2.24) is 9.55 Å². The molecule has 8 heteroatoms. The van der Waals surface area contributed by atoms with Gasteiger partial charge in [0.05, 0.1) is 27.7 Å². The number of aromatic nitrogens is 2. The largest absolute Gasteiger partial charge is 0.508 e. The summed E-state index contributed by atoms with van der Waals surface area (Å²) in [5.41, 5.74) is 2.42. The first-order valence-corrected chi connectivity index (χ1v) is 10.2. The predicted molar refractivity (Wildman–Crippen MR) is 116 cm³/mol. The number of ketones is 1. The summed E-state index contributed by atoms with van der Waals surface area (Å²) in [7, 11) is 0. The number of nitrogens with zero attached hydrogens (tertiary/aromatic N) is 2. The molecule has 0 bridgehead atoms. The van der Waals surface area contributed by atoms with E-state index in [1.54, 1.807) is 18.2 Å². The van der Waals surface area contributed by atoms with Crippen LogP contribution in [0.5, 0.6) is 17.4 Å². The smallest absolute Gasteiger partial charge is 0.242 e. The Balaban J connectivity index is 1.82. The Bertz CT molecular complexity index is 1430. The zero-order valence-corrected chi connectivity index (χ0v) is 17.1. The normalized spacial score (nSPS) is 11.3. The molecule has 0 aliphatic carbocycles. The van der Waals surface area contributed by atoms with Crippen LogP contribution in [0.2, 0.25) is 0 Å². The van der Waals surface area contributed by atoms with Crippen molar-refractivity contribution < 1.29 is 24.5 Å². The maximum atomic E-state index is 13.2. The van der Waals surface area contributed by atoms with Crippen LogP contribution in [0.3, 0.4) is 0 Å². The summed E-state index contributed by atoms with van der Waals surface area (Å²) < 4.78 is 7.47. The molecule has 154 valence electrons. The number of phenols is 1. The van der Waals surface area contributed by atoms with Gasteiger partial charge in [-0.3, -0.25) is 9.36 Å². The summed E-state index contributed by atoms with van der Waals surface area (Å²) in [5.74, 6) is -1.60. The molecule has 0 saturated carbocycles. The first kappa shape index (κ1) is 19.0. The van der Waals surface area contributed by atoms with E-state index < -0.39 is 17.4 Å². The van der Waals surface area contributed by atoms with Crippen molar-refractivity contribution in [1.29, 1.82) is 0 Å². The van der Waals surface area contributed by atoms with Crippen LogP contribution in [-0.2, 0) is 0 Å². The number of benzene rings is 2. The molecule has 0 radical (unpaired) electrons. The van der Waals surface area contributed by atoms with Crippen LogP contribution in [0.4, 0.5) is 0 Å². The van der Waals surface area contributed by atoms with Gasteiger partial charge in [-0.05, 0) is 66.6 Å². The molecule has 31 heavy (non-hydrogen) atoms. The summed E-state index contributed by atoms with van der Waals surface area (Å²) in [6, 6.07) is 15.0. The van der Waals surface area contributed by atoms with Crippen molar-refractivity contribution in [3.05, 3.63) is 77.7 Å². The first-order valence-electron chi connectivity index (χ1n) is 9.36. The van der Waals surface area contributed by atoms with E-state index in [1.807, 2.05) is 25.1 Å². The van der Waals surface area contributed by atoms with E-state index in [0.717, 1.165) is 15.8 Å². The van der Waals surface area contributed by atoms with Gasteiger partial charge in [0, 0.05) is 0 Å². The van der Waals surface area contributed by atoms with Gasteiger partial charge in [0.15, 0.2) is 16.6 Å². The topological polar surface area (TPSA) is 109 Å². The van der Waals surface area contributed by atoms with E-state index >= 15 is 0 Å². The molecule has 0 atom stereocenters. The second-order valence-electron chi connectivity index (χ2n) is 7.05. The van der Waals surface area contributed by atoms with Crippen LogP contribution in [0.1, 0.15) is 21.7 Å². The number of phenolic OH excluding ortho intramolecular Hbond substituents is 1. The third-order valence-electron chi connectivity index (χ3n) is 4.96. The maximum Gasteiger partial charge on any atom is 0.242 e. The number of aryl methyl sites for hydroxylation is 1. The van der Waals surface area contributed by atoms with Crippen molar-refractivity contribution in [2.24, 2.45) is 0 Å². The van der Waals surface area contributed by atoms with Crippen LogP contribution in [0.25, 0.3) is 26.6 Å². The highest BCUT2D eigenvalue weighted by atomic mass is 32.1. The SMILES string of the molecule is Cc1ccc2nc(-n3c(O)c(O)c(C(=O)c4ccco4)c3-c3ccc(O)cc3)sc2c1. The fraction of sp³-hybridized carbons (Fsp3) is 0.0435. The molecule has 5 aromatic rings. The van der Waals surface area contributed by atoms with Crippen LogP contribution >= 0.6 is 11.3 Å². The number of hydrogen-bond acceptors (Lipinski definition) is 7. The fourth-order valence-corrected chi connectivity index (χ4v) is 4.56. The monoisotopic (exact) mass is 432 g/mol. The van der Waals surface area contributed by atoms with Gasteiger partial charge in [0.25, 0.3) is 0 Å². The van der Waals surface area contributed by atoms with Gasteiger partial charge in [-0.2, -0.15) is 0 Å². The van der Waals surface area contributed by atoms with Crippen molar-refractivity contribution >= 4 is 27.3 Å². The number of hydrogen-bond donors (Lipinski definition) is 3. The second kappa shape index (κ2) is 7.03. The average molecular weight is 432 g/mol. The van der Waals surface area contributed by atoms with Crippen molar-refractivity contribution in [2.75, 3.05) is 0 Å². The van der Waals surface area contributed by atoms with Gasteiger partial charge in [-0.15, -0.1) is 0 Å². The predicted octanol–water partition coefficient (Wildman–Crippen LogP) is 5.00. The Labute approximate surface area is 180 Å². The number of carbonyl (C=O) groups excluding carboxylic acids is 1. The van der Waals surface area contributed by atoms with E-state index in [4.69, 9.17) is 4.42 Å². The van der Waals surface area contributed by atoms with E-state index in [0.29, 0.717) is 10.7 Å². The molecule has 0 aliphatic rings. The first-order chi connectivity index (χ1) is 14.9. The molecular formula is C23H16N2O5S. The molecule has 3 N–H and O–H groups in total. The molecule has 3 aromatic heterocycles. The zero-order chi connectivity index (χ0) is 21.7. The average Bonchev–Trinajstić information content (AvgIpc) is 3.47. The Hall–Kier alpha value is -4.04. The minimum atomic E-state index is -0.586. The molecule has 7 nitrogen and oxygen atoms in total. The number of aromatic hydroxyl groups is 3. The van der Waals surface area contributed by atoms with E-state index in [2.05, 4.69) is 4.98 Å². The molecule has 2 aromatic carbocycles. The van der Waals surface area contributed by atoms with E-state index in [-0.39, 0.29) is 22.8 Å². The van der Waals surface area contributed by atoms with Crippen molar-refractivity contribution in [2.45, 2.75) is 6.92 Å². The minimum absolute atomic E-state index is 0.0207. The lowest BCUT2D eigenvalue weighted by Gasteiger charge is -2.09. The van der Waals surface area contributed by atoms with E-state index in [1.165, 1.54) is 40.4 Å². The molecule has 3 heterocycles. The summed E-state index contributed by atoms with van der Waals surface area (Å²) in [6.07, 6.45) is 1.36. The Morgan fingerprint density at radius 3 is 2.55 bits per heavy atom. The number of thiazole rings is 1. The molecule has 0 saturated heterocycles. The van der Waals surface area contributed by atoms with Crippen LogP contribution in [0.15, 0.2) is 65.3 Å². The summed E-state index contributed by atoms with van der Waals surface area (Å²) in [4.78, 5) is 17.7. The molecule has 0 amide bonds. The Kier molecular flexibility index (Phi) is 4.30. The fourth-order valence-electron chi connectivity index (χ4n) is 3.49. The van der Waals surface area contributed by atoms with Crippen LogP contribution in [-0.4, -0.2) is 30.7 Å². The second-order valence-corrected chi connectivity index (χ2v) is 8.06. The van der Waals surface area contributed by atoms with Crippen LogP contribution < -0.4 is 0 Å². The lowest BCUT2D eigenvalue weighted by Crippen LogP contribution is -2.04. The number of rotatable bonds is 4. The number of fused-ring (bicyclic) bond motifs is 1. The molecular weight excluding hydrogens is 416 g/mol. The van der Waals surface area contributed by atoms with Gasteiger partial charge in [0.2, 0.25) is 11.7 Å². The molecule has 0 spiro atoms. The van der Waals surface area contributed by atoms with Gasteiger partial charge >= 0.3 is 0 Å². The highest BCUT2D eigenvalue weighted by Crippen LogP contribution is 2.45. The quantitative estimate of drug-likeness (QED) is 0.345. The maximum absolute atomic E-state index is 13.2.